The van der Waals surface area contributed by atoms with E-state index in [1.165, 1.54) is 18.2 Å². The van der Waals surface area contributed by atoms with Crippen LogP contribution >= 0.6 is 27.5 Å². The number of anilines is 1. The summed E-state index contributed by atoms with van der Waals surface area (Å²) in [7, 11) is -3.74. The maximum atomic E-state index is 11.5. The number of benzene rings is 1. The van der Waals surface area contributed by atoms with Crippen LogP contribution in [0.2, 0.25) is 0 Å². The highest BCUT2D eigenvalue weighted by Crippen LogP contribution is 2.25. The lowest BCUT2D eigenvalue weighted by atomic mass is 10.3. The van der Waals surface area contributed by atoms with Crippen LogP contribution in [0, 0.1) is 0 Å². The minimum atomic E-state index is -3.74. The fourth-order valence-corrected chi connectivity index (χ4v) is 2.52. The molecule has 1 aromatic rings. The third-order valence-electron chi connectivity index (χ3n) is 2.08. The summed E-state index contributed by atoms with van der Waals surface area (Å²) >= 11 is 8.66. The van der Waals surface area contributed by atoms with E-state index in [4.69, 9.17) is 16.7 Å². The van der Waals surface area contributed by atoms with Crippen molar-refractivity contribution in [3.63, 3.8) is 0 Å². The number of primary sulfonamides is 1. The van der Waals surface area contributed by atoms with Crippen LogP contribution in [0.25, 0.3) is 0 Å². The Balaban J connectivity index is 2.84. The van der Waals surface area contributed by atoms with Crippen molar-refractivity contribution < 1.29 is 13.2 Å². The number of hydrogen-bond donors (Lipinski definition) is 2. The van der Waals surface area contributed by atoms with Crippen molar-refractivity contribution in [2.75, 3.05) is 11.2 Å². The first-order chi connectivity index (χ1) is 8.34. The van der Waals surface area contributed by atoms with Gasteiger partial charge in [-0.2, -0.15) is 0 Å². The van der Waals surface area contributed by atoms with E-state index in [1.54, 1.807) is 0 Å². The normalized spacial score (nSPS) is 11.3. The molecule has 3 N–H and O–H groups in total. The molecule has 0 saturated heterocycles. The maximum absolute atomic E-state index is 11.5. The number of nitrogens with one attached hydrogen (secondary N) is 1. The summed E-state index contributed by atoms with van der Waals surface area (Å²) in [4.78, 5) is 11.5. The highest BCUT2D eigenvalue weighted by Gasteiger charge is 2.11. The molecular formula is C10H12BrClN2O3S. The minimum absolute atomic E-state index is 0.0202. The number of rotatable bonds is 5. The topological polar surface area (TPSA) is 89.3 Å². The SMILES string of the molecule is NS(=O)(=O)c1ccc(NC(=O)CCCCl)c(Br)c1. The molecule has 0 bridgehead atoms. The first-order valence-electron chi connectivity index (χ1n) is 5.03. The summed E-state index contributed by atoms with van der Waals surface area (Å²) in [5.74, 6) is 0.235. The van der Waals surface area contributed by atoms with Gasteiger partial charge < -0.3 is 5.32 Å². The Labute approximate surface area is 119 Å². The van der Waals surface area contributed by atoms with Crippen molar-refractivity contribution in [2.24, 2.45) is 5.14 Å². The van der Waals surface area contributed by atoms with Gasteiger partial charge >= 0.3 is 0 Å². The summed E-state index contributed by atoms with van der Waals surface area (Å²) in [6.45, 7) is 0. The Morgan fingerprint density at radius 1 is 1.44 bits per heavy atom. The molecule has 1 rings (SSSR count). The third-order valence-corrected chi connectivity index (χ3v) is 3.91. The van der Waals surface area contributed by atoms with E-state index in [-0.39, 0.29) is 10.8 Å². The van der Waals surface area contributed by atoms with Gasteiger partial charge in [0.05, 0.1) is 10.6 Å². The standard InChI is InChI=1S/C10H12BrClN2O3S/c11-8-6-7(18(13,16)17)3-4-9(8)14-10(15)2-1-5-12/h3-4,6H,1-2,5H2,(H,14,15)(H2,13,16,17). The molecule has 0 spiro atoms. The average molecular weight is 356 g/mol. The number of sulfonamides is 1. The van der Waals surface area contributed by atoms with Crippen LogP contribution in [-0.2, 0) is 14.8 Å². The minimum Gasteiger partial charge on any atom is -0.325 e. The average Bonchev–Trinajstić information content (AvgIpc) is 2.27. The zero-order valence-corrected chi connectivity index (χ0v) is 12.5. The zero-order chi connectivity index (χ0) is 13.8. The number of nitrogens with two attached hydrogens (primary N) is 1. The zero-order valence-electron chi connectivity index (χ0n) is 9.32. The molecule has 1 amide bonds. The molecule has 100 valence electrons. The summed E-state index contributed by atoms with van der Waals surface area (Å²) in [5.41, 5.74) is 0.488. The summed E-state index contributed by atoms with van der Waals surface area (Å²) in [5, 5.41) is 7.64. The second-order valence-corrected chi connectivity index (χ2v) is 6.32. The predicted octanol–water partition coefficient (Wildman–Crippen LogP) is 2.05. The summed E-state index contributed by atoms with van der Waals surface area (Å²) < 4.78 is 22.7. The Hall–Kier alpha value is -0.630. The summed E-state index contributed by atoms with van der Waals surface area (Å²) in [6.07, 6.45) is 0.896. The lowest BCUT2D eigenvalue weighted by molar-refractivity contribution is -0.116. The van der Waals surface area contributed by atoms with Gasteiger partial charge in [0.25, 0.3) is 0 Å². The maximum Gasteiger partial charge on any atom is 0.238 e. The van der Waals surface area contributed by atoms with Crippen molar-refractivity contribution in [3.05, 3.63) is 22.7 Å². The Bertz CT molecular complexity index is 548. The molecule has 0 heterocycles. The molecule has 18 heavy (non-hydrogen) atoms. The number of hydrogen-bond acceptors (Lipinski definition) is 3. The van der Waals surface area contributed by atoms with E-state index in [0.29, 0.717) is 28.9 Å². The Kier molecular flexibility index (Phi) is 5.58. The van der Waals surface area contributed by atoms with Crippen molar-refractivity contribution in [3.8, 4) is 0 Å². The van der Waals surface area contributed by atoms with Crippen molar-refractivity contribution >= 4 is 49.1 Å². The van der Waals surface area contributed by atoms with E-state index in [1.807, 2.05) is 0 Å². The van der Waals surface area contributed by atoms with E-state index in [0.717, 1.165) is 0 Å². The van der Waals surface area contributed by atoms with Gasteiger partial charge in [0, 0.05) is 16.8 Å². The van der Waals surface area contributed by atoms with Gasteiger partial charge in [-0.25, -0.2) is 13.6 Å². The van der Waals surface area contributed by atoms with Gasteiger partial charge in [0.1, 0.15) is 0 Å². The first kappa shape index (κ1) is 15.4. The molecule has 0 aliphatic rings. The number of amides is 1. The molecule has 5 nitrogen and oxygen atoms in total. The van der Waals surface area contributed by atoms with Crippen LogP contribution in [-0.4, -0.2) is 20.2 Å². The van der Waals surface area contributed by atoms with Gasteiger partial charge in [-0.15, -0.1) is 11.6 Å². The highest BCUT2D eigenvalue weighted by atomic mass is 79.9. The van der Waals surface area contributed by atoms with Crippen molar-refractivity contribution in [1.82, 2.24) is 0 Å². The quantitative estimate of drug-likeness (QED) is 0.792. The molecule has 0 aromatic heterocycles. The van der Waals surface area contributed by atoms with Gasteiger partial charge in [-0.05, 0) is 40.5 Å². The molecule has 0 aliphatic heterocycles. The first-order valence-corrected chi connectivity index (χ1v) is 7.90. The predicted molar refractivity (Wildman–Crippen MR) is 74.1 cm³/mol. The van der Waals surface area contributed by atoms with E-state index >= 15 is 0 Å². The van der Waals surface area contributed by atoms with Crippen LogP contribution < -0.4 is 10.5 Å². The van der Waals surface area contributed by atoms with E-state index in [2.05, 4.69) is 21.2 Å². The number of halogens is 2. The van der Waals surface area contributed by atoms with Crippen LogP contribution in [0.4, 0.5) is 5.69 Å². The molecule has 0 saturated carbocycles. The molecule has 0 radical (unpaired) electrons. The lowest BCUT2D eigenvalue weighted by Gasteiger charge is -2.08. The molecule has 0 unspecified atom stereocenters. The van der Waals surface area contributed by atoms with Crippen LogP contribution in [0.5, 0.6) is 0 Å². The van der Waals surface area contributed by atoms with E-state index < -0.39 is 10.0 Å². The number of carbonyl (C=O) groups excluding carboxylic acids is 1. The van der Waals surface area contributed by atoms with Crippen molar-refractivity contribution in [1.29, 1.82) is 0 Å². The van der Waals surface area contributed by atoms with Crippen molar-refractivity contribution in [2.45, 2.75) is 17.7 Å². The number of alkyl halides is 1. The van der Waals surface area contributed by atoms with Crippen LogP contribution in [0.15, 0.2) is 27.6 Å². The third kappa shape index (κ3) is 4.56. The summed E-state index contributed by atoms with van der Waals surface area (Å²) in [6, 6.07) is 4.15. The lowest BCUT2D eigenvalue weighted by Crippen LogP contribution is -2.14. The van der Waals surface area contributed by atoms with Gasteiger partial charge in [0.15, 0.2) is 0 Å². The van der Waals surface area contributed by atoms with Crippen LogP contribution in [0.3, 0.4) is 0 Å². The molecule has 1 aromatic carbocycles. The largest absolute Gasteiger partial charge is 0.325 e. The number of carbonyl (C=O) groups is 1. The van der Waals surface area contributed by atoms with E-state index in [9.17, 15) is 13.2 Å². The van der Waals surface area contributed by atoms with Crippen LogP contribution in [0.1, 0.15) is 12.8 Å². The van der Waals surface area contributed by atoms with Gasteiger partial charge in [0.2, 0.25) is 15.9 Å². The molecule has 8 heteroatoms. The highest BCUT2D eigenvalue weighted by molar-refractivity contribution is 9.10. The molecule has 0 fully saturated rings. The molecular weight excluding hydrogens is 344 g/mol. The second kappa shape index (κ2) is 6.51. The molecule has 0 atom stereocenters. The van der Waals surface area contributed by atoms with Gasteiger partial charge in [-0.1, -0.05) is 0 Å². The smallest absolute Gasteiger partial charge is 0.238 e. The second-order valence-electron chi connectivity index (χ2n) is 3.53. The fraction of sp³-hybridized carbons (Fsp3) is 0.300. The molecule has 0 aliphatic carbocycles. The fourth-order valence-electron chi connectivity index (χ4n) is 1.21. The Morgan fingerprint density at radius 2 is 2.11 bits per heavy atom. The van der Waals surface area contributed by atoms with Gasteiger partial charge in [-0.3, -0.25) is 4.79 Å². The monoisotopic (exact) mass is 354 g/mol. The Morgan fingerprint density at radius 3 is 2.61 bits per heavy atom.